The van der Waals surface area contributed by atoms with E-state index in [0.29, 0.717) is 6.04 Å². The van der Waals surface area contributed by atoms with Gasteiger partial charge in [0.1, 0.15) is 5.75 Å². The van der Waals surface area contributed by atoms with E-state index in [-0.39, 0.29) is 5.41 Å². The van der Waals surface area contributed by atoms with Gasteiger partial charge in [0.05, 0.1) is 7.11 Å². The molecule has 0 radical (unpaired) electrons. The highest BCUT2D eigenvalue weighted by Crippen LogP contribution is 2.34. The van der Waals surface area contributed by atoms with Crippen molar-refractivity contribution in [1.82, 2.24) is 5.32 Å². The first kappa shape index (κ1) is 13.4. The molecule has 1 aromatic rings. The smallest absolute Gasteiger partial charge is 0.123 e. The number of benzene rings is 1. The van der Waals surface area contributed by atoms with E-state index >= 15 is 0 Å². The molecule has 1 aliphatic heterocycles. The Hall–Kier alpha value is -1.02. The van der Waals surface area contributed by atoms with E-state index in [1.807, 2.05) is 0 Å². The Morgan fingerprint density at radius 3 is 2.56 bits per heavy atom. The summed E-state index contributed by atoms with van der Waals surface area (Å²) in [7, 11) is 1.76. The van der Waals surface area contributed by atoms with Crippen LogP contribution in [0.3, 0.4) is 0 Å². The summed E-state index contributed by atoms with van der Waals surface area (Å²) >= 11 is 0. The fraction of sp³-hybridized carbons (Fsp3) is 0.625. The summed E-state index contributed by atoms with van der Waals surface area (Å²) in [5.74, 6) is 1.02. The molecule has 2 rings (SSSR count). The van der Waals surface area contributed by atoms with Crippen LogP contribution in [0.5, 0.6) is 5.75 Å². The summed E-state index contributed by atoms with van der Waals surface area (Å²) in [5.41, 5.74) is 2.89. The summed E-state index contributed by atoms with van der Waals surface area (Å²) in [6.07, 6.45) is 3.81. The quantitative estimate of drug-likeness (QED) is 0.858. The van der Waals surface area contributed by atoms with Gasteiger partial charge in [-0.15, -0.1) is 0 Å². The van der Waals surface area contributed by atoms with Gasteiger partial charge in [0.15, 0.2) is 0 Å². The van der Waals surface area contributed by atoms with Crippen molar-refractivity contribution in [2.45, 2.75) is 51.5 Å². The Balaban J connectivity index is 2.35. The Bertz CT molecular complexity index is 400. The Morgan fingerprint density at radius 1 is 1.22 bits per heavy atom. The van der Waals surface area contributed by atoms with Crippen LogP contribution in [0.2, 0.25) is 0 Å². The summed E-state index contributed by atoms with van der Waals surface area (Å²) in [6, 6.07) is 7.08. The maximum atomic E-state index is 5.53. The van der Waals surface area contributed by atoms with E-state index in [1.165, 1.54) is 30.4 Å². The topological polar surface area (TPSA) is 21.3 Å². The van der Waals surface area contributed by atoms with Crippen molar-refractivity contribution in [1.29, 1.82) is 0 Å². The molecule has 100 valence electrons. The molecule has 0 aliphatic carbocycles. The second-order valence-corrected chi connectivity index (χ2v) is 6.21. The molecule has 1 atom stereocenters. The third-order valence-electron chi connectivity index (χ3n) is 3.78. The largest absolute Gasteiger partial charge is 0.496 e. The van der Waals surface area contributed by atoms with Crippen LogP contribution in [0.4, 0.5) is 0 Å². The summed E-state index contributed by atoms with van der Waals surface area (Å²) in [6.45, 7) is 7.89. The van der Waals surface area contributed by atoms with Crippen LogP contribution in [0.25, 0.3) is 0 Å². The summed E-state index contributed by atoms with van der Waals surface area (Å²) < 4.78 is 5.53. The lowest BCUT2D eigenvalue weighted by atomic mass is 9.84. The first-order chi connectivity index (χ1) is 8.52. The molecule has 1 heterocycles. The molecule has 18 heavy (non-hydrogen) atoms. The van der Waals surface area contributed by atoms with E-state index in [2.05, 4.69) is 44.3 Å². The molecule has 1 unspecified atom stereocenters. The minimum Gasteiger partial charge on any atom is -0.496 e. The first-order valence-corrected chi connectivity index (χ1v) is 6.94. The highest BCUT2D eigenvalue weighted by Gasteiger charge is 2.21. The van der Waals surface area contributed by atoms with Crippen molar-refractivity contribution in [3.63, 3.8) is 0 Å². The van der Waals surface area contributed by atoms with E-state index in [0.717, 1.165) is 12.3 Å². The molecule has 2 nitrogen and oxygen atoms in total. The Labute approximate surface area is 111 Å². The minimum atomic E-state index is 0.190. The molecule has 0 bridgehead atoms. The number of hydrogen-bond donors (Lipinski definition) is 1. The Kier molecular flexibility index (Phi) is 3.96. The third kappa shape index (κ3) is 2.86. The van der Waals surface area contributed by atoms with Crippen molar-refractivity contribution >= 4 is 0 Å². The fourth-order valence-electron chi connectivity index (χ4n) is 2.59. The average molecular weight is 247 g/mol. The number of piperidine rings is 1. The molecule has 1 N–H and O–H groups in total. The molecule has 2 heteroatoms. The first-order valence-electron chi connectivity index (χ1n) is 6.94. The molecule has 0 saturated carbocycles. The van der Waals surface area contributed by atoms with Crippen LogP contribution in [-0.4, -0.2) is 13.7 Å². The highest BCUT2D eigenvalue weighted by molar-refractivity contribution is 5.41. The molecular formula is C16H25NO. The Morgan fingerprint density at radius 2 is 2.00 bits per heavy atom. The van der Waals surface area contributed by atoms with Gasteiger partial charge in [0.2, 0.25) is 0 Å². The second-order valence-electron chi connectivity index (χ2n) is 6.21. The van der Waals surface area contributed by atoms with Gasteiger partial charge in [-0.1, -0.05) is 33.3 Å². The zero-order valence-electron chi connectivity index (χ0n) is 12.0. The predicted octanol–water partition coefficient (Wildman–Crippen LogP) is 3.81. The van der Waals surface area contributed by atoms with E-state index < -0.39 is 0 Å². The van der Waals surface area contributed by atoms with E-state index in [9.17, 15) is 0 Å². The van der Waals surface area contributed by atoms with Crippen LogP contribution in [0.1, 0.15) is 57.2 Å². The fourth-order valence-corrected chi connectivity index (χ4v) is 2.59. The number of hydrogen-bond acceptors (Lipinski definition) is 2. The van der Waals surface area contributed by atoms with Crippen molar-refractivity contribution < 1.29 is 4.74 Å². The number of nitrogens with one attached hydrogen (secondary N) is 1. The summed E-state index contributed by atoms with van der Waals surface area (Å²) in [4.78, 5) is 0. The standard InChI is InChI=1S/C16H25NO/c1-16(2,3)12-8-9-15(18-4)13(11-12)14-7-5-6-10-17-14/h8-9,11,14,17H,5-7,10H2,1-4H3. The molecule has 1 saturated heterocycles. The maximum absolute atomic E-state index is 5.53. The monoisotopic (exact) mass is 247 g/mol. The lowest BCUT2D eigenvalue weighted by molar-refractivity contribution is 0.372. The second kappa shape index (κ2) is 5.31. The van der Waals surface area contributed by atoms with Gasteiger partial charge < -0.3 is 10.1 Å². The number of methoxy groups -OCH3 is 1. The third-order valence-corrected chi connectivity index (χ3v) is 3.78. The summed E-state index contributed by atoms with van der Waals surface area (Å²) in [5, 5.41) is 3.61. The highest BCUT2D eigenvalue weighted by atomic mass is 16.5. The van der Waals surface area contributed by atoms with Crippen molar-refractivity contribution in [3.05, 3.63) is 29.3 Å². The molecule has 1 fully saturated rings. The average Bonchev–Trinajstić information content (AvgIpc) is 2.38. The van der Waals surface area contributed by atoms with Gasteiger partial charge in [-0.05, 0) is 42.5 Å². The molecule has 0 amide bonds. The molecule has 1 aliphatic rings. The van der Waals surface area contributed by atoms with Crippen LogP contribution < -0.4 is 10.1 Å². The van der Waals surface area contributed by atoms with Gasteiger partial charge in [-0.25, -0.2) is 0 Å². The van der Waals surface area contributed by atoms with E-state index in [4.69, 9.17) is 4.74 Å². The number of ether oxygens (including phenoxy) is 1. The lowest BCUT2D eigenvalue weighted by Gasteiger charge is -2.28. The van der Waals surface area contributed by atoms with Crippen molar-refractivity contribution in [2.75, 3.05) is 13.7 Å². The van der Waals surface area contributed by atoms with Gasteiger partial charge in [0, 0.05) is 11.6 Å². The molecular weight excluding hydrogens is 222 g/mol. The molecule has 0 spiro atoms. The van der Waals surface area contributed by atoms with Crippen LogP contribution >= 0.6 is 0 Å². The zero-order valence-corrected chi connectivity index (χ0v) is 12.0. The van der Waals surface area contributed by atoms with Crippen LogP contribution in [0.15, 0.2) is 18.2 Å². The minimum absolute atomic E-state index is 0.190. The van der Waals surface area contributed by atoms with Gasteiger partial charge in [0.25, 0.3) is 0 Å². The van der Waals surface area contributed by atoms with Crippen LogP contribution in [-0.2, 0) is 5.41 Å². The van der Waals surface area contributed by atoms with Crippen molar-refractivity contribution in [2.24, 2.45) is 0 Å². The maximum Gasteiger partial charge on any atom is 0.123 e. The number of rotatable bonds is 2. The van der Waals surface area contributed by atoms with Crippen LogP contribution in [0, 0.1) is 0 Å². The normalized spacial score (nSPS) is 20.8. The van der Waals surface area contributed by atoms with E-state index in [1.54, 1.807) is 7.11 Å². The zero-order chi connectivity index (χ0) is 13.2. The van der Waals surface area contributed by atoms with Crippen molar-refractivity contribution in [3.8, 4) is 5.75 Å². The van der Waals surface area contributed by atoms with Gasteiger partial charge in [-0.2, -0.15) is 0 Å². The predicted molar refractivity (Wildman–Crippen MR) is 76.3 cm³/mol. The SMILES string of the molecule is COc1ccc(C(C)(C)C)cc1C1CCCCN1. The van der Waals surface area contributed by atoms with Gasteiger partial charge in [-0.3, -0.25) is 0 Å². The lowest BCUT2D eigenvalue weighted by Crippen LogP contribution is -2.27. The molecule has 1 aromatic carbocycles. The molecule has 0 aromatic heterocycles. The van der Waals surface area contributed by atoms with Gasteiger partial charge >= 0.3 is 0 Å².